The first-order valence-electron chi connectivity index (χ1n) is 10.5. The fourth-order valence-corrected chi connectivity index (χ4v) is 2.92. The molecule has 0 aliphatic rings. The van der Waals surface area contributed by atoms with Gasteiger partial charge in [0.1, 0.15) is 35.2 Å². The van der Waals surface area contributed by atoms with Crippen LogP contribution in [0.3, 0.4) is 0 Å². The number of aromatic hydroxyl groups is 2. The fourth-order valence-electron chi connectivity index (χ4n) is 2.92. The Kier molecular flexibility index (Phi) is 9.99. The van der Waals surface area contributed by atoms with Crippen molar-refractivity contribution in [1.29, 1.82) is 0 Å². The molecule has 0 spiro atoms. The second-order valence-corrected chi connectivity index (χ2v) is 7.65. The van der Waals surface area contributed by atoms with E-state index in [1.54, 1.807) is 0 Å². The molecule has 1 aromatic heterocycles. The number of benzene rings is 2. The molecule has 0 amide bonds. The van der Waals surface area contributed by atoms with E-state index in [2.05, 4.69) is 20.3 Å². The number of aliphatic hydroxyl groups excluding tert-OH is 1. The summed E-state index contributed by atoms with van der Waals surface area (Å²) in [5.74, 6) is -3.07. The zero-order valence-corrected chi connectivity index (χ0v) is 19.1. The highest BCUT2D eigenvalue weighted by Crippen LogP contribution is 2.24. The van der Waals surface area contributed by atoms with Crippen LogP contribution in [0.2, 0.25) is 0 Å². The number of carboxylic acid groups (broad SMARTS) is 2. The molecule has 12 heteroatoms. The predicted molar refractivity (Wildman–Crippen MR) is 121 cm³/mol. The molecule has 0 radical (unpaired) electrons. The van der Waals surface area contributed by atoms with E-state index in [1.165, 1.54) is 18.2 Å². The van der Waals surface area contributed by atoms with Gasteiger partial charge in [-0.3, -0.25) is 0 Å². The Morgan fingerprint density at radius 2 is 1.63 bits per heavy atom. The van der Waals surface area contributed by atoms with Crippen molar-refractivity contribution in [2.45, 2.75) is 39.0 Å². The highest BCUT2D eigenvalue weighted by Gasteiger charge is 2.12. The number of nitrogens with one attached hydrogen (secondary N) is 1. The van der Waals surface area contributed by atoms with Gasteiger partial charge in [0.05, 0.1) is 6.10 Å². The van der Waals surface area contributed by atoms with Crippen LogP contribution in [0.4, 0.5) is 0 Å². The topological polar surface area (TPSA) is 195 Å². The third-order valence-electron chi connectivity index (χ3n) is 4.74. The molecule has 188 valence electrons. The molecule has 0 aliphatic heterocycles. The number of rotatable bonds is 9. The highest BCUT2D eigenvalue weighted by atomic mass is 16.6. The van der Waals surface area contributed by atoms with Crippen molar-refractivity contribution in [2.24, 2.45) is 0 Å². The maximum Gasteiger partial charge on any atom is 0.414 e. The van der Waals surface area contributed by atoms with Crippen molar-refractivity contribution < 1.29 is 44.5 Å². The molecule has 0 saturated heterocycles. The van der Waals surface area contributed by atoms with Gasteiger partial charge < -0.3 is 35.6 Å². The lowest BCUT2D eigenvalue weighted by Crippen LogP contribution is -2.32. The molecular formula is C23H27N3O9. The summed E-state index contributed by atoms with van der Waals surface area (Å²) in [5, 5.41) is 54.9. The Bertz CT molecular complexity index is 1080. The lowest BCUT2D eigenvalue weighted by molar-refractivity contribution is -0.159. The monoisotopic (exact) mass is 489 g/mol. The van der Waals surface area contributed by atoms with Crippen LogP contribution in [0.1, 0.15) is 35.5 Å². The Morgan fingerprint density at radius 3 is 2.14 bits per heavy atom. The zero-order chi connectivity index (χ0) is 26.0. The molecule has 2 atom stereocenters. The summed E-state index contributed by atoms with van der Waals surface area (Å²) in [6.45, 7) is 4.44. The third-order valence-corrected chi connectivity index (χ3v) is 4.74. The Labute approximate surface area is 200 Å². The van der Waals surface area contributed by atoms with Crippen molar-refractivity contribution in [1.82, 2.24) is 15.6 Å². The number of hydrogen-bond donors (Lipinski definition) is 6. The van der Waals surface area contributed by atoms with Crippen molar-refractivity contribution >= 4 is 11.9 Å². The van der Waals surface area contributed by atoms with Gasteiger partial charge in [0, 0.05) is 18.7 Å². The Morgan fingerprint density at radius 1 is 1.03 bits per heavy atom. The minimum absolute atomic E-state index is 0.0793. The SMILES string of the molecule is Cc1nonc1COc1ccc(C[C@@H](C)NC[C@H](O)c2cc(O)cc(O)c2)cc1.O=C(O)C(=O)O. The normalized spacial score (nSPS) is 12.2. The Hall–Kier alpha value is -4.16. The molecular weight excluding hydrogens is 462 g/mol. The van der Waals surface area contributed by atoms with Gasteiger partial charge in [-0.1, -0.05) is 22.4 Å². The van der Waals surface area contributed by atoms with Crippen molar-refractivity contribution in [2.75, 3.05) is 6.54 Å². The van der Waals surface area contributed by atoms with Gasteiger partial charge in [-0.15, -0.1) is 0 Å². The predicted octanol–water partition coefficient (Wildman–Crippen LogP) is 1.78. The van der Waals surface area contributed by atoms with Gasteiger partial charge in [-0.2, -0.15) is 0 Å². The van der Waals surface area contributed by atoms with Gasteiger partial charge in [0.25, 0.3) is 0 Å². The maximum absolute atomic E-state index is 10.3. The smallest absolute Gasteiger partial charge is 0.414 e. The molecule has 0 unspecified atom stereocenters. The van der Waals surface area contributed by atoms with Crippen LogP contribution < -0.4 is 10.1 Å². The van der Waals surface area contributed by atoms with Crippen molar-refractivity contribution in [3.63, 3.8) is 0 Å². The summed E-state index contributed by atoms with van der Waals surface area (Å²) in [7, 11) is 0. The van der Waals surface area contributed by atoms with Crippen LogP contribution in [0.15, 0.2) is 47.1 Å². The van der Waals surface area contributed by atoms with Crippen LogP contribution in [-0.2, 0) is 22.6 Å². The van der Waals surface area contributed by atoms with Gasteiger partial charge in [-0.25, -0.2) is 14.2 Å². The molecule has 0 saturated carbocycles. The third kappa shape index (κ3) is 9.31. The largest absolute Gasteiger partial charge is 0.508 e. The summed E-state index contributed by atoms with van der Waals surface area (Å²) in [5.41, 5.74) is 2.97. The Balaban J connectivity index is 0.000000641. The minimum Gasteiger partial charge on any atom is -0.508 e. The molecule has 3 rings (SSSR count). The molecule has 12 nitrogen and oxygen atoms in total. The summed E-state index contributed by atoms with van der Waals surface area (Å²) in [6.07, 6.45) is -0.0642. The van der Waals surface area contributed by atoms with Gasteiger partial charge in [-0.05, 0) is 55.7 Å². The lowest BCUT2D eigenvalue weighted by atomic mass is 10.1. The zero-order valence-electron chi connectivity index (χ0n) is 19.1. The van der Waals surface area contributed by atoms with Crippen LogP contribution >= 0.6 is 0 Å². The van der Waals surface area contributed by atoms with Crippen molar-refractivity contribution in [3.05, 3.63) is 65.0 Å². The maximum atomic E-state index is 10.3. The number of carbonyl (C=O) groups is 2. The quantitative estimate of drug-likeness (QED) is 0.239. The van der Waals surface area contributed by atoms with E-state index in [-0.39, 0.29) is 17.5 Å². The van der Waals surface area contributed by atoms with E-state index in [1.807, 2.05) is 38.1 Å². The van der Waals surface area contributed by atoms with Crippen LogP contribution in [0.25, 0.3) is 0 Å². The van der Waals surface area contributed by atoms with E-state index >= 15 is 0 Å². The molecule has 1 heterocycles. The number of aliphatic hydroxyl groups is 1. The molecule has 0 aliphatic carbocycles. The van der Waals surface area contributed by atoms with E-state index in [4.69, 9.17) is 24.5 Å². The van der Waals surface area contributed by atoms with Gasteiger partial charge in [0.2, 0.25) is 0 Å². The molecule has 0 bridgehead atoms. The summed E-state index contributed by atoms with van der Waals surface area (Å²) >= 11 is 0. The molecule has 6 N–H and O–H groups in total. The number of aliphatic carboxylic acids is 2. The first-order valence-corrected chi connectivity index (χ1v) is 10.5. The van der Waals surface area contributed by atoms with E-state index < -0.39 is 18.0 Å². The number of aromatic nitrogens is 2. The second-order valence-electron chi connectivity index (χ2n) is 7.65. The van der Waals surface area contributed by atoms with Crippen molar-refractivity contribution in [3.8, 4) is 17.2 Å². The fraction of sp³-hybridized carbons (Fsp3) is 0.304. The standard InChI is InChI=1S/C21H25N3O5.C2H2O4/c1-13(22-11-21(27)16-8-17(25)10-18(26)9-16)7-15-3-5-19(6-4-15)28-12-20-14(2)23-29-24-20;3-1(4)2(5)6/h3-6,8-10,13,21-22,25-27H,7,11-12H2,1-2H3;(H,3,4)(H,5,6)/t13-,21+;/m1./s1. The first kappa shape index (κ1) is 27.1. The van der Waals surface area contributed by atoms with E-state index in [9.17, 15) is 15.3 Å². The average molecular weight is 489 g/mol. The molecule has 2 aromatic carbocycles. The van der Waals surface area contributed by atoms with Crippen LogP contribution in [-0.4, -0.2) is 60.4 Å². The first-order chi connectivity index (χ1) is 16.5. The lowest BCUT2D eigenvalue weighted by Gasteiger charge is -2.18. The second kappa shape index (κ2) is 12.9. The number of nitrogens with zero attached hydrogens (tertiary/aromatic N) is 2. The number of phenolic OH excluding ortho intramolecular Hbond substituents is 2. The summed E-state index contributed by atoms with van der Waals surface area (Å²) in [6, 6.07) is 12.0. The van der Waals surface area contributed by atoms with E-state index in [0.717, 1.165) is 17.7 Å². The number of phenols is 2. The molecule has 3 aromatic rings. The van der Waals surface area contributed by atoms with E-state index in [0.29, 0.717) is 30.1 Å². The number of ether oxygens (including phenoxy) is 1. The molecule has 35 heavy (non-hydrogen) atoms. The average Bonchev–Trinajstić information content (AvgIpc) is 3.21. The molecule has 0 fully saturated rings. The highest BCUT2D eigenvalue weighted by molar-refractivity contribution is 6.27. The number of carboxylic acids is 2. The van der Waals surface area contributed by atoms with Gasteiger partial charge in [0.15, 0.2) is 0 Å². The number of aryl methyl sites for hydroxylation is 1. The summed E-state index contributed by atoms with van der Waals surface area (Å²) in [4.78, 5) is 18.2. The minimum atomic E-state index is -1.82. The van der Waals surface area contributed by atoms with Gasteiger partial charge >= 0.3 is 11.9 Å². The van der Waals surface area contributed by atoms with Crippen LogP contribution in [0, 0.1) is 6.92 Å². The number of hydrogen-bond acceptors (Lipinski definition) is 10. The van der Waals surface area contributed by atoms with Crippen LogP contribution in [0.5, 0.6) is 17.2 Å². The summed E-state index contributed by atoms with van der Waals surface area (Å²) < 4.78 is 10.3.